The minimum atomic E-state index is -0.0280. The van der Waals surface area contributed by atoms with Crippen molar-refractivity contribution in [2.75, 3.05) is 0 Å². The van der Waals surface area contributed by atoms with Gasteiger partial charge in [0.05, 0.1) is 11.1 Å². The number of aryl methyl sites for hydroxylation is 2. The number of aromatic nitrogens is 1. The van der Waals surface area contributed by atoms with Crippen molar-refractivity contribution in [3.8, 4) is 0 Å². The minimum absolute atomic E-state index is 0.0280. The van der Waals surface area contributed by atoms with Crippen molar-refractivity contribution in [2.45, 2.75) is 95.9 Å². The second-order valence-electron chi connectivity index (χ2n) is 10.1. The van der Waals surface area contributed by atoms with Gasteiger partial charge >= 0.3 is 0 Å². The first-order valence-electron chi connectivity index (χ1n) is 12.6. The van der Waals surface area contributed by atoms with Crippen molar-refractivity contribution >= 4 is 0 Å². The lowest BCUT2D eigenvalue weighted by Crippen LogP contribution is -2.35. The van der Waals surface area contributed by atoms with Gasteiger partial charge < -0.3 is 5.32 Å². The molecule has 1 atom stereocenters. The van der Waals surface area contributed by atoms with E-state index >= 15 is 0 Å². The van der Waals surface area contributed by atoms with Gasteiger partial charge in [-0.1, -0.05) is 87.4 Å². The molecule has 1 N–H and O–H groups in total. The highest BCUT2D eigenvalue weighted by Crippen LogP contribution is 2.45. The molecule has 0 radical (unpaired) electrons. The summed E-state index contributed by atoms with van der Waals surface area (Å²) in [7, 11) is 0. The van der Waals surface area contributed by atoms with Crippen molar-refractivity contribution < 1.29 is 0 Å². The van der Waals surface area contributed by atoms with Crippen LogP contribution in [0.5, 0.6) is 0 Å². The van der Waals surface area contributed by atoms with Crippen LogP contribution in [0.2, 0.25) is 0 Å². The lowest BCUT2D eigenvalue weighted by molar-refractivity contribution is 0.338. The maximum Gasteiger partial charge on any atom is 0.0527 e. The van der Waals surface area contributed by atoms with Crippen molar-refractivity contribution in [1.29, 1.82) is 0 Å². The summed E-state index contributed by atoms with van der Waals surface area (Å²) in [4.78, 5) is 5.22. The number of benzene rings is 1. The van der Waals surface area contributed by atoms with E-state index in [1.807, 2.05) is 0 Å². The van der Waals surface area contributed by atoms with E-state index in [0.717, 1.165) is 30.9 Å². The molecule has 4 rings (SSSR count). The Labute approximate surface area is 189 Å². The normalized spacial score (nSPS) is 19.8. The summed E-state index contributed by atoms with van der Waals surface area (Å²) >= 11 is 0. The molecule has 0 amide bonds. The van der Waals surface area contributed by atoms with E-state index in [9.17, 15) is 0 Å². The van der Waals surface area contributed by atoms with Gasteiger partial charge in [0.2, 0.25) is 0 Å². The second kappa shape index (κ2) is 10.0. The Kier molecular flexibility index (Phi) is 7.15. The molecule has 31 heavy (non-hydrogen) atoms. The maximum absolute atomic E-state index is 5.22. The average molecular weight is 417 g/mol. The van der Waals surface area contributed by atoms with Gasteiger partial charge in [-0.25, -0.2) is 0 Å². The fraction of sp³-hybridized carbons (Fsp3) is 0.552. The summed E-state index contributed by atoms with van der Waals surface area (Å²) < 4.78 is 0. The third-order valence-electron chi connectivity index (χ3n) is 7.83. The van der Waals surface area contributed by atoms with Crippen LogP contribution in [0.15, 0.2) is 54.7 Å². The number of hydrogen-bond acceptors (Lipinski definition) is 2. The molecule has 1 aromatic heterocycles. The zero-order chi connectivity index (χ0) is 21.7. The van der Waals surface area contributed by atoms with E-state index in [2.05, 4.69) is 68.2 Å². The van der Waals surface area contributed by atoms with Gasteiger partial charge in [-0.15, -0.1) is 0 Å². The van der Waals surface area contributed by atoms with Crippen LogP contribution in [0, 0.1) is 12.8 Å². The summed E-state index contributed by atoms with van der Waals surface area (Å²) in [5.41, 5.74) is 6.24. The molecule has 2 aliphatic rings. The highest BCUT2D eigenvalue weighted by atomic mass is 15.0. The number of allylic oxidation sites excluding steroid dienone is 1. The van der Waals surface area contributed by atoms with E-state index in [1.54, 1.807) is 0 Å². The first-order valence-corrected chi connectivity index (χ1v) is 12.6. The first-order chi connectivity index (χ1) is 15.1. The van der Waals surface area contributed by atoms with Gasteiger partial charge in [-0.2, -0.15) is 0 Å². The smallest absolute Gasteiger partial charge is 0.0527 e. The van der Waals surface area contributed by atoms with E-state index in [-0.39, 0.29) is 11.5 Å². The molecule has 2 aromatic rings. The van der Waals surface area contributed by atoms with Crippen molar-refractivity contribution in [2.24, 2.45) is 5.92 Å². The molecule has 2 heteroatoms. The largest absolute Gasteiger partial charge is 0.382 e. The average Bonchev–Trinajstić information content (AvgIpc) is 3.30. The number of hydrogen-bond donors (Lipinski definition) is 1. The van der Waals surface area contributed by atoms with E-state index < -0.39 is 0 Å². The van der Waals surface area contributed by atoms with E-state index in [1.165, 1.54) is 73.9 Å². The third-order valence-corrected chi connectivity index (χ3v) is 7.83. The Morgan fingerprint density at radius 1 is 1.03 bits per heavy atom. The molecule has 0 aliphatic heterocycles. The van der Waals surface area contributed by atoms with Crippen LogP contribution >= 0.6 is 0 Å². The monoisotopic (exact) mass is 416 g/mol. The van der Waals surface area contributed by atoms with Gasteiger partial charge in [-0.3, -0.25) is 4.98 Å². The molecule has 166 valence electrons. The Hall–Kier alpha value is -2.09. The van der Waals surface area contributed by atoms with Crippen molar-refractivity contribution in [1.82, 2.24) is 10.3 Å². The predicted molar refractivity (Wildman–Crippen MR) is 131 cm³/mol. The summed E-state index contributed by atoms with van der Waals surface area (Å²) in [5.74, 6) is 0.909. The van der Waals surface area contributed by atoms with Crippen molar-refractivity contribution in [3.05, 3.63) is 77.3 Å². The topological polar surface area (TPSA) is 24.9 Å². The molecule has 2 nitrogen and oxygen atoms in total. The highest BCUT2D eigenvalue weighted by Gasteiger charge is 2.40. The fourth-order valence-corrected chi connectivity index (χ4v) is 5.74. The Bertz CT molecular complexity index is 855. The molecule has 2 fully saturated rings. The van der Waals surface area contributed by atoms with Crippen molar-refractivity contribution in [3.63, 3.8) is 0 Å². The van der Waals surface area contributed by atoms with Gasteiger partial charge in [0.1, 0.15) is 0 Å². The molecule has 2 aliphatic carbocycles. The number of nitrogens with zero attached hydrogens (tertiary/aromatic N) is 1. The molecule has 0 spiro atoms. The number of pyridine rings is 1. The second-order valence-corrected chi connectivity index (χ2v) is 10.1. The van der Waals surface area contributed by atoms with Crippen LogP contribution in [-0.4, -0.2) is 4.98 Å². The van der Waals surface area contributed by atoms with Crippen LogP contribution < -0.4 is 5.32 Å². The molecular weight excluding hydrogens is 376 g/mol. The van der Waals surface area contributed by atoms with Crippen LogP contribution in [0.1, 0.15) is 99.7 Å². The standard InChI is InChI=1S/C29H40N2/c1-22-14-17-26(18-15-22)23(2)30-24(3)29(20-7-8-21-29)28-13-9-12-27(31-28)19-16-25-10-5-4-6-11-25/h9,12-15,17-18,23,25,30H,3-8,10-11,16,19-21H2,1-2H3. The number of nitrogens with one attached hydrogen (secondary N) is 1. The molecule has 1 aromatic carbocycles. The quantitative estimate of drug-likeness (QED) is 0.480. The third kappa shape index (κ3) is 5.22. The summed E-state index contributed by atoms with van der Waals surface area (Å²) in [6, 6.07) is 15.8. The fourth-order valence-electron chi connectivity index (χ4n) is 5.74. The van der Waals surface area contributed by atoms with E-state index in [0.29, 0.717) is 0 Å². The van der Waals surface area contributed by atoms with Gasteiger partial charge in [0.25, 0.3) is 0 Å². The van der Waals surface area contributed by atoms with Crippen LogP contribution in [-0.2, 0) is 11.8 Å². The lowest BCUT2D eigenvalue weighted by Gasteiger charge is -2.34. The van der Waals surface area contributed by atoms with Gasteiger partial charge in [0, 0.05) is 17.4 Å². The molecule has 1 heterocycles. The SMILES string of the molecule is C=C(NC(C)c1ccc(C)cc1)C1(c2cccc(CCC3CCCCC3)n2)CCCC1. The van der Waals surface area contributed by atoms with Gasteiger partial charge in [0.15, 0.2) is 0 Å². The molecular formula is C29H40N2. The predicted octanol–water partition coefficient (Wildman–Crippen LogP) is 7.58. The van der Waals surface area contributed by atoms with Gasteiger partial charge in [-0.05, 0) is 63.1 Å². The van der Waals surface area contributed by atoms with Crippen LogP contribution in [0.25, 0.3) is 0 Å². The molecule has 2 saturated carbocycles. The Morgan fingerprint density at radius 2 is 1.74 bits per heavy atom. The van der Waals surface area contributed by atoms with E-state index in [4.69, 9.17) is 4.98 Å². The summed E-state index contributed by atoms with van der Waals surface area (Å²) in [6.45, 7) is 8.95. The zero-order valence-corrected chi connectivity index (χ0v) is 19.6. The summed E-state index contributed by atoms with van der Waals surface area (Å²) in [5, 5.41) is 3.77. The summed E-state index contributed by atoms with van der Waals surface area (Å²) in [6.07, 6.45) is 14.4. The number of rotatable bonds is 8. The Morgan fingerprint density at radius 3 is 2.45 bits per heavy atom. The van der Waals surface area contributed by atoms with Crippen LogP contribution in [0.3, 0.4) is 0 Å². The highest BCUT2D eigenvalue weighted by molar-refractivity contribution is 5.34. The lowest BCUT2D eigenvalue weighted by atomic mass is 9.78. The molecule has 1 unspecified atom stereocenters. The maximum atomic E-state index is 5.22. The minimum Gasteiger partial charge on any atom is -0.382 e. The first kappa shape index (κ1) is 22.1. The molecule has 0 saturated heterocycles. The van der Waals surface area contributed by atoms with Crippen LogP contribution in [0.4, 0.5) is 0 Å². The molecule has 0 bridgehead atoms. The zero-order valence-electron chi connectivity index (χ0n) is 19.6. The Balaban J connectivity index is 1.47.